The van der Waals surface area contributed by atoms with Gasteiger partial charge in [0.1, 0.15) is 0 Å². The third-order valence-corrected chi connectivity index (χ3v) is 1.47. The molecule has 2 nitrogen and oxygen atoms in total. The summed E-state index contributed by atoms with van der Waals surface area (Å²) >= 11 is 0. The Morgan fingerprint density at radius 3 is 2.56 bits per heavy atom. The van der Waals surface area contributed by atoms with Gasteiger partial charge in [0.25, 0.3) is 0 Å². The van der Waals surface area contributed by atoms with E-state index in [0.29, 0.717) is 6.04 Å². The van der Waals surface area contributed by atoms with E-state index < -0.39 is 0 Å². The van der Waals surface area contributed by atoms with Crippen molar-refractivity contribution in [1.82, 2.24) is 5.32 Å². The normalized spacial score (nSPS) is 13.7. The fourth-order valence-electron chi connectivity index (χ4n) is 0.668. The van der Waals surface area contributed by atoms with Crippen molar-refractivity contribution in [3.63, 3.8) is 0 Å². The first-order chi connectivity index (χ1) is 4.31. The van der Waals surface area contributed by atoms with E-state index in [-0.39, 0.29) is 0 Å². The van der Waals surface area contributed by atoms with Crippen LogP contribution in [-0.2, 0) is 0 Å². The lowest BCUT2D eigenvalue weighted by Crippen LogP contribution is -2.25. The van der Waals surface area contributed by atoms with Gasteiger partial charge in [-0.05, 0) is 25.9 Å². The largest absolute Gasteiger partial charge is 0.328 e. The quantitative estimate of drug-likeness (QED) is 0.538. The molecule has 0 aliphatic heterocycles. The highest BCUT2D eigenvalue weighted by atomic mass is 14.8. The second kappa shape index (κ2) is 6.05. The van der Waals surface area contributed by atoms with Gasteiger partial charge in [-0.25, -0.2) is 0 Å². The summed E-state index contributed by atoms with van der Waals surface area (Å²) in [6, 6.07) is 0.393. The van der Waals surface area contributed by atoms with E-state index in [4.69, 9.17) is 5.73 Å². The van der Waals surface area contributed by atoms with Gasteiger partial charge in [0.05, 0.1) is 0 Å². The van der Waals surface area contributed by atoms with E-state index >= 15 is 0 Å². The summed E-state index contributed by atoms with van der Waals surface area (Å²) in [6.45, 7) is 6.34. The van der Waals surface area contributed by atoms with Crippen LogP contribution in [0.3, 0.4) is 0 Å². The smallest absolute Gasteiger partial charge is 0.00482 e. The van der Waals surface area contributed by atoms with Crippen molar-refractivity contribution in [3.8, 4) is 0 Å². The Bertz CT molecular complexity index is 54.9. The fourth-order valence-corrected chi connectivity index (χ4v) is 0.668. The molecule has 0 aromatic carbocycles. The molecule has 0 aromatic heterocycles. The highest BCUT2D eigenvalue weighted by molar-refractivity contribution is 4.58. The standard InChI is InChI=1S/C7H18N2/c1-3-7(8)5-6-9-4-2/h7,9H,3-6,8H2,1-2H3. The van der Waals surface area contributed by atoms with E-state index in [0.717, 1.165) is 25.9 Å². The molecule has 0 spiro atoms. The lowest BCUT2D eigenvalue weighted by molar-refractivity contribution is 0.558. The molecule has 0 aliphatic rings. The molecule has 1 atom stereocenters. The Balaban J connectivity index is 2.88. The first-order valence-electron chi connectivity index (χ1n) is 3.77. The average Bonchev–Trinajstić information content (AvgIpc) is 1.89. The minimum Gasteiger partial charge on any atom is -0.328 e. The molecule has 0 rings (SSSR count). The lowest BCUT2D eigenvalue weighted by Gasteiger charge is -2.07. The molecule has 0 saturated carbocycles. The Morgan fingerprint density at radius 1 is 1.44 bits per heavy atom. The zero-order chi connectivity index (χ0) is 7.11. The molecule has 3 N–H and O–H groups in total. The van der Waals surface area contributed by atoms with Gasteiger partial charge in [-0.2, -0.15) is 0 Å². The zero-order valence-electron chi connectivity index (χ0n) is 6.48. The van der Waals surface area contributed by atoms with E-state index in [1.807, 2.05) is 0 Å². The van der Waals surface area contributed by atoms with Gasteiger partial charge in [-0.3, -0.25) is 0 Å². The molecule has 0 saturated heterocycles. The summed E-state index contributed by atoms with van der Waals surface area (Å²) in [5.74, 6) is 0. The third kappa shape index (κ3) is 5.80. The maximum Gasteiger partial charge on any atom is 0.00482 e. The van der Waals surface area contributed by atoms with Gasteiger partial charge >= 0.3 is 0 Å². The van der Waals surface area contributed by atoms with Crippen molar-refractivity contribution >= 4 is 0 Å². The molecule has 0 heterocycles. The summed E-state index contributed by atoms with van der Waals surface area (Å²) in [4.78, 5) is 0. The van der Waals surface area contributed by atoms with Crippen LogP contribution < -0.4 is 11.1 Å². The molecule has 9 heavy (non-hydrogen) atoms. The van der Waals surface area contributed by atoms with Crippen molar-refractivity contribution in [3.05, 3.63) is 0 Å². The van der Waals surface area contributed by atoms with Gasteiger partial charge < -0.3 is 11.1 Å². The summed E-state index contributed by atoms with van der Waals surface area (Å²) < 4.78 is 0. The maximum absolute atomic E-state index is 5.67. The molecule has 0 bridgehead atoms. The summed E-state index contributed by atoms with van der Waals surface area (Å²) in [7, 11) is 0. The molecule has 0 fully saturated rings. The molecule has 0 amide bonds. The average molecular weight is 130 g/mol. The number of nitrogens with two attached hydrogens (primary N) is 1. The monoisotopic (exact) mass is 130 g/mol. The molecular weight excluding hydrogens is 112 g/mol. The van der Waals surface area contributed by atoms with E-state index in [1.54, 1.807) is 0 Å². The molecule has 1 unspecified atom stereocenters. The first kappa shape index (κ1) is 8.92. The molecule has 0 radical (unpaired) electrons. The topological polar surface area (TPSA) is 38.0 Å². The number of rotatable bonds is 5. The fraction of sp³-hybridized carbons (Fsp3) is 1.00. The zero-order valence-corrected chi connectivity index (χ0v) is 6.48. The van der Waals surface area contributed by atoms with Crippen LogP contribution >= 0.6 is 0 Å². The molecule has 0 aliphatic carbocycles. The van der Waals surface area contributed by atoms with Crippen LogP contribution in [0.2, 0.25) is 0 Å². The van der Waals surface area contributed by atoms with Gasteiger partial charge in [0.2, 0.25) is 0 Å². The van der Waals surface area contributed by atoms with Gasteiger partial charge in [0.15, 0.2) is 0 Å². The van der Waals surface area contributed by atoms with Crippen molar-refractivity contribution in [2.45, 2.75) is 32.7 Å². The third-order valence-electron chi connectivity index (χ3n) is 1.47. The van der Waals surface area contributed by atoms with Crippen LogP contribution in [-0.4, -0.2) is 19.1 Å². The Hall–Kier alpha value is -0.0800. The second-order valence-electron chi connectivity index (χ2n) is 2.31. The van der Waals surface area contributed by atoms with Crippen molar-refractivity contribution in [1.29, 1.82) is 0 Å². The Morgan fingerprint density at radius 2 is 2.11 bits per heavy atom. The first-order valence-corrected chi connectivity index (χ1v) is 3.77. The van der Waals surface area contributed by atoms with Crippen LogP contribution in [0.15, 0.2) is 0 Å². The van der Waals surface area contributed by atoms with Crippen molar-refractivity contribution < 1.29 is 0 Å². The van der Waals surface area contributed by atoms with E-state index in [1.165, 1.54) is 0 Å². The molecule has 2 heteroatoms. The summed E-state index contributed by atoms with van der Waals surface area (Å²) in [5, 5.41) is 3.23. The Labute approximate surface area is 57.8 Å². The van der Waals surface area contributed by atoms with Crippen molar-refractivity contribution in [2.24, 2.45) is 5.73 Å². The lowest BCUT2D eigenvalue weighted by atomic mass is 10.2. The summed E-state index contributed by atoms with van der Waals surface area (Å²) in [5.41, 5.74) is 5.67. The molecule has 56 valence electrons. The highest BCUT2D eigenvalue weighted by Gasteiger charge is 1.95. The van der Waals surface area contributed by atoms with Crippen LogP contribution in [0, 0.1) is 0 Å². The number of nitrogens with one attached hydrogen (secondary N) is 1. The highest BCUT2D eigenvalue weighted by Crippen LogP contribution is 1.89. The number of hydrogen-bond acceptors (Lipinski definition) is 2. The van der Waals surface area contributed by atoms with E-state index in [2.05, 4.69) is 19.2 Å². The van der Waals surface area contributed by atoms with Gasteiger partial charge in [-0.1, -0.05) is 13.8 Å². The van der Waals surface area contributed by atoms with E-state index in [9.17, 15) is 0 Å². The van der Waals surface area contributed by atoms with Crippen LogP contribution in [0.5, 0.6) is 0 Å². The van der Waals surface area contributed by atoms with Gasteiger partial charge in [0, 0.05) is 6.04 Å². The Kier molecular flexibility index (Phi) is 5.99. The number of hydrogen-bond donors (Lipinski definition) is 2. The maximum atomic E-state index is 5.67. The van der Waals surface area contributed by atoms with Gasteiger partial charge in [-0.15, -0.1) is 0 Å². The molecular formula is C7H18N2. The summed E-state index contributed by atoms with van der Waals surface area (Å²) in [6.07, 6.45) is 2.19. The molecule has 0 aromatic rings. The second-order valence-corrected chi connectivity index (χ2v) is 2.31. The van der Waals surface area contributed by atoms with Crippen LogP contribution in [0.4, 0.5) is 0 Å². The predicted octanol–water partition coefficient (Wildman–Crippen LogP) is 0.723. The predicted molar refractivity (Wildman–Crippen MR) is 41.4 cm³/mol. The van der Waals surface area contributed by atoms with Crippen molar-refractivity contribution in [2.75, 3.05) is 13.1 Å². The minimum absolute atomic E-state index is 0.393. The SMILES string of the molecule is CCNCCC(N)CC. The van der Waals surface area contributed by atoms with Crippen LogP contribution in [0.25, 0.3) is 0 Å². The minimum atomic E-state index is 0.393. The van der Waals surface area contributed by atoms with Crippen LogP contribution in [0.1, 0.15) is 26.7 Å².